The molecule has 0 saturated carbocycles. The average Bonchev–Trinajstić information content (AvgIpc) is 2.73. The Morgan fingerprint density at radius 1 is 1.40 bits per heavy atom. The molecule has 3 N–H and O–H groups in total. The molecule has 0 fully saturated rings. The van der Waals surface area contributed by atoms with E-state index in [1.807, 2.05) is 0 Å². The zero-order valence-electron chi connectivity index (χ0n) is 10.2. The first kappa shape index (κ1) is 14.4. The first-order chi connectivity index (χ1) is 9.47. The van der Waals surface area contributed by atoms with Gasteiger partial charge in [0, 0.05) is 17.2 Å². The summed E-state index contributed by atoms with van der Waals surface area (Å²) < 4.78 is 28.9. The molecule has 106 valence electrons. The zero-order chi connectivity index (χ0) is 14.7. The summed E-state index contributed by atoms with van der Waals surface area (Å²) in [6.07, 6.45) is 3.06. The number of benzene rings is 1. The van der Waals surface area contributed by atoms with Gasteiger partial charge in [-0.1, -0.05) is 15.9 Å². The first-order valence-electron chi connectivity index (χ1n) is 5.68. The second-order valence-corrected chi connectivity index (χ2v) is 4.95. The van der Waals surface area contributed by atoms with E-state index in [2.05, 4.69) is 26.3 Å². The maximum absolute atomic E-state index is 13.6. The highest BCUT2D eigenvalue weighted by atomic mass is 79.9. The summed E-state index contributed by atoms with van der Waals surface area (Å²) in [6.45, 7) is 0.525. The molecule has 2 aromatic rings. The third kappa shape index (κ3) is 3.32. The topological polar surface area (TPSA) is 72.9 Å². The van der Waals surface area contributed by atoms with Crippen molar-refractivity contribution in [2.75, 3.05) is 12.3 Å². The van der Waals surface area contributed by atoms with Crippen LogP contribution in [0.5, 0.6) is 0 Å². The van der Waals surface area contributed by atoms with E-state index < -0.39 is 23.1 Å². The minimum atomic E-state index is -0.919. The molecule has 1 aromatic heterocycles. The van der Waals surface area contributed by atoms with Gasteiger partial charge >= 0.3 is 0 Å². The predicted octanol–water partition coefficient (Wildman–Crippen LogP) is 1.94. The molecule has 0 spiro atoms. The Morgan fingerprint density at radius 2 is 2.05 bits per heavy atom. The quantitative estimate of drug-likeness (QED) is 0.890. The Morgan fingerprint density at radius 3 is 2.60 bits per heavy atom. The number of rotatable bonds is 4. The lowest BCUT2D eigenvalue weighted by molar-refractivity contribution is 0.0943. The van der Waals surface area contributed by atoms with Crippen molar-refractivity contribution < 1.29 is 13.6 Å². The van der Waals surface area contributed by atoms with Crippen molar-refractivity contribution in [3.63, 3.8) is 0 Å². The fourth-order valence-corrected chi connectivity index (χ4v) is 2.04. The molecule has 1 amide bonds. The smallest absolute Gasteiger partial charge is 0.257 e. The minimum Gasteiger partial charge on any atom is -0.396 e. The van der Waals surface area contributed by atoms with Gasteiger partial charge in [0.1, 0.15) is 17.2 Å². The van der Waals surface area contributed by atoms with E-state index in [-0.39, 0.29) is 11.0 Å². The van der Waals surface area contributed by atoms with Gasteiger partial charge in [0.15, 0.2) is 0 Å². The Hall–Kier alpha value is -1.96. The summed E-state index contributed by atoms with van der Waals surface area (Å²) in [4.78, 5) is 11.7. The molecule has 1 heterocycles. The number of nitrogens with two attached hydrogens (primary N) is 1. The number of nitrogens with one attached hydrogen (secondary N) is 1. The van der Waals surface area contributed by atoms with E-state index in [4.69, 9.17) is 5.73 Å². The lowest BCUT2D eigenvalue weighted by atomic mass is 10.2. The third-order valence-electron chi connectivity index (χ3n) is 2.51. The molecule has 0 saturated heterocycles. The van der Waals surface area contributed by atoms with Gasteiger partial charge in [-0.3, -0.25) is 9.48 Å². The second-order valence-electron chi connectivity index (χ2n) is 4.04. The molecule has 0 bridgehead atoms. The number of nitrogens with zero attached hydrogens (tertiary/aromatic N) is 2. The van der Waals surface area contributed by atoms with Crippen molar-refractivity contribution in [1.29, 1.82) is 0 Å². The maximum atomic E-state index is 13.6. The van der Waals surface area contributed by atoms with Gasteiger partial charge in [-0.25, -0.2) is 8.78 Å². The van der Waals surface area contributed by atoms with Crippen LogP contribution in [-0.4, -0.2) is 22.2 Å². The normalized spacial score (nSPS) is 10.6. The SMILES string of the molecule is Nc1cnn(CCNC(=O)c2c(F)cc(Br)cc2F)c1. The molecule has 0 atom stereocenters. The molecule has 0 aliphatic carbocycles. The van der Waals surface area contributed by atoms with Crippen LogP contribution in [0.4, 0.5) is 14.5 Å². The van der Waals surface area contributed by atoms with Crippen molar-refractivity contribution in [2.24, 2.45) is 0 Å². The fourth-order valence-electron chi connectivity index (χ4n) is 1.63. The van der Waals surface area contributed by atoms with Crippen molar-refractivity contribution in [3.8, 4) is 0 Å². The number of hydrogen-bond donors (Lipinski definition) is 2. The Kier molecular flexibility index (Phi) is 4.33. The van der Waals surface area contributed by atoms with Gasteiger partial charge < -0.3 is 11.1 Å². The zero-order valence-corrected chi connectivity index (χ0v) is 11.8. The number of carbonyl (C=O) groups is 1. The van der Waals surface area contributed by atoms with Crippen molar-refractivity contribution in [1.82, 2.24) is 15.1 Å². The molecule has 8 heteroatoms. The van der Waals surface area contributed by atoms with Crippen LogP contribution in [0.1, 0.15) is 10.4 Å². The number of carbonyl (C=O) groups excluding carboxylic acids is 1. The Labute approximate surface area is 121 Å². The summed E-state index contributed by atoms with van der Waals surface area (Å²) in [5.74, 6) is -2.65. The lowest BCUT2D eigenvalue weighted by Gasteiger charge is -2.07. The average molecular weight is 345 g/mol. The molecule has 20 heavy (non-hydrogen) atoms. The lowest BCUT2D eigenvalue weighted by Crippen LogP contribution is -2.29. The number of nitrogen functional groups attached to an aromatic ring is 1. The van der Waals surface area contributed by atoms with Crippen LogP contribution < -0.4 is 11.1 Å². The standard InChI is InChI=1S/C12H11BrF2N4O/c13-7-3-9(14)11(10(15)4-7)12(20)17-1-2-19-6-8(16)5-18-19/h3-6H,1-2,16H2,(H,17,20). The van der Waals surface area contributed by atoms with E-state index >= 15 is 0 Å². The summed E-state index contributed by atoms with van der Waals surface area (Å²) in [6, 6.07) is 2.07. The summed E-state index contributed by atoms with van der Waals surface area (Å²) >= 11 is 2.95. The maximum Gasteiger partial charge on any atom is 0.257 e. The molecule has 0 aliphatic rings. The molecule has 2 rings (SSSR count). The van der Waals surface area contributed by atoms with E-state index in [1.54, 1.807) is 6.20 Å². The number of amides is 1. The van der Waals surface area contributed by atoms with E-state index in [0.29, 0.717) is 12.2 Å². The molecule has 0 radical (unpaired) electrons. The molecule has 0 unspecified atom stereocenters. The Bertz CT molecular complexity index is 621. The highest BCUT2D eigenvalue weighted by molar-refractivity contribution is 9.10. The van der Waals surface area contributed by atoms with Crippen LogP contribution in [-0.2, 0) is 6.54 Å². The van der Waals surface area contributed by atoms with E-state index in [9.17, 15) is 13.6 Å². The monoisotopic (exact) mass is 344 g/mol. The first-order valence-corrected chi connectivity index (χ1v) is 6.47. The molecular weight excluding hydrogens is 334 g/mol. The molecule has 1 aromatic carbocycles. The fraction of sp³-hybridized carbons (Fsp3) is 0.167. The van der Waals surface area contributed by atoms with Crippen LogP contribution in [0, 0.1) is 11.6 Å². The van der Waals surface area contributed by atoms with E-state index in [0.717, 1.165) is 12.1 Å². The Balaban J connectivity index is 1.98. The molecule has 5 nitrogen and oxygen atoms in total. The van der Waals surface area contributed by atoms with Gasteiger partial charge in [0.2, 0.25) is 0 Å². The number of hydrogen-bond acceptors (Lipinski definition) is 3. The molecular formula is C12H11BrF2N4O. The van der Waals surface area contributed by atoms with E-state index in [1.165, 1.54) is 10.9 Å². The highest BCUT2D eigenvalue weighted by Crippen LogP contribution is 2.19. The highest BCUT2D eigenvalue weighted by Gasteiger charge is 2.17. The van der Waals surface area contributed by atoms with Crippen molar-refractivity contribution >= 4 is 27.5 Å². The second kappa shape index (κ2) is 6.00. The van der Waals surface area contributed by atoms with Crippen LogP contribution in [0.15, 0.2) is 29.0 Å². The van der Waals surface area contributed by atoms with Crippen molar-refractivity contribution in [3.05, 3.63) is 46.2 Å². The minimum absolute atomic E-state index is 0.175. The predicted molar refractivity (Wildman–Crippen MR) is 73.0 cm³/mol. The van der Waals surface area contributed by atoms with Gasteiger partial charge in [0.05, 0.1) is 18.4 Å². The van der Waals surface area contributed by atoms with Crippen molar-refractivity contribution in [2.45, 2.75) is 6.54 Å². The van der Waals surface area contributed by atoms with Gasteiger partial charge in [-0.15, -0.1) is 0 Å². The van der Waals surface area contributed by atoms with Gasteiger partial charge in [-0.05, 0) is 12.1 Å². The number of anilines is 1. The van der Waals surface area contributed by atoms with Crippen LogP contribution in [0.25, 0.3) is 0 Å². The number of halogens is 3. The van der Waals surface area contributed by atoms with Crippen LogP contribution in [0.3, 0.4) is 0 Å². The van der Waals surface area contributed by atoms with Gasteiger partial charge in [-0.2, -0.15) is 5.10 Å². The summed E-state index contributed by atoms with van der Waals surface area (Å²) in [5, 5.41) is 6.34. The van der Waals surface area contributed by atoms with Crippen LogP contribution >= 0.6 is 15.9 Å². The van der Waals surface area contributed by atoms with Crippen LogP contribution in [0.2, 0.25) is 0 Å². The van der Waals surface area contributed by atoms with Gasteiger partial charge in [0.25, 0.3) is 5.91 Å². The summed E-state index contributed by atoms with van der Waals surface area (Å²) in [7, 11) is 0. The third-order valence-corrected chi connectivity index (χ3v) is 2.97. The largest absolute Gasteiger partial charge is 0.396 e. The number of aromatic nitrogens is 2. The summed E-state index contributed by atoms with van der Waals surface area (Å²) in [5.41, 5.74) is 5.38. The molecule has 0 aliphatic heterocycles.